The van der Waals surface area contributed by atoms with Crippen molar-refractivity contribution < 1.29 is 24.5 Å². The van der Waals surface area contributed by atoms with Crippen LogP contribution in [0.4, 0.5) is 4.79 Å². The molecule has 2 atom stereocenters. The maximum absolute atomic E-state index is 12.4. The topological polar surface area (TPSA) is 89.9 Å². The molecule has 2 aromatic carbocycles. The number of aliphatic carboxylic acids is 1. The lowest BCUT2D eigenvalue weighted by Gasteiger charge is -2.25. The number of β-amino-alcohol motifs (C(OH)–C–C–N with tert-alkyl or cyclic N) is 1. The minimum absolute atomic E-state index is 0.0352. The van der Waals surface area contributed by atoms with E-state index in [1.54, 1.807) is 0 Å². The van der Waals surface area contributed by atoms with Gasteiger partial charge in [0, 0.05) is 12.3 Å². The van der Waals surface area contributed by atoms with E-state index < -0.39 is 24.2 Å². The zero-order chi connectivity index (χ0) is 18.3. The molecule has 1 fully saturated rings. The lowest BCUT2D eigenvalue weighted by molar-refractivity contribution is -0.310. The molecular weight excluding hydrogens is 334 g/mol. The highest BCUT2D eigenvalue weighted by Crippen LogP contribution is 2.44. The minimum Gasteiger partial charge on any atom is -0.548 e. The number of ether oxygens (including phenoxy) is 1. The summed E-state index contributed by atoms with van der Waals surface area (Å²) in [5.74, 6) is -1.48. The van der Waals surface area contributed by atoms with Crippen LogP contribution in [0.3, 0.4) is 0 Å². The smallest absolute Gasteiger partial charge is 0.410 e. The summed E-state index contributed by atoms with van der Waals surface area (Å²) in [5.41, 5.74) is 4.40. The van der Waals surface area contributed by atoms with Gasteiger partial charge in [0.05, 0.1) is 24.7 Å². The van der Waals surface area contributed by atoms with Crippen molar-refractivity contribution in [2.24, 2.45) is 0 Å². The number of aliphatic hydroxyl groups is 1. The van der Waals surface area contributed by atoms with Gasteiger partial charge < -0.3 is 19.7 Å². The van der Waals surface area contributed by atoms with E-state index in [0.29, 0.717) is 0 Å². The van der Waals surface area contributed by atoms with Gasteiger partial charge in [-0.25, -0.2) is 4.79 Å². The second kappa shape index (κ2) is 6.46. The number of likely N-dealkylation sites (tertiary alicyclic amines) is 1. The van der Waals surface area contributed by atoms with Crippen molar-refractivity contribution in [1.82, 2.24) is 4.90 Å². The third-order valence-corrected chi connectivity index (χ3v) is 5.12. The predicted molar refractivity (Wildman–Crippen MR) is 91.2 cm³/mol. The molecule has 1 N–H and O–H groups in total. The summed E-state index contributed by atoms with van der Waals surface area (Å²) in [6.45, 7) is 0.0501. The van der Waals surface area contributed by atoms with Crippen molar-refractivity contribution in [1.29, 1.82) is 0 Å². The van der Waals surface area contributed by atoms with Crippen LogP contribution < -0.4 is 5.11 Å². The van der Waals surface area contributed by atoms with Gasteiger partial charge >= 0.3 is 6.09 Å². The summed E-state index contributed by atoms with van der Waals surface area (Å²) in [4.78, 5) is 24.6. The van der Waals surface area contributed by atoms with E-state index in [4.69, 9.17) is 4.74 Å². The molecule has 0 radical (unpaired) electrons. The molecule has 134 valence electrons. The lowest BCUT2D eigenvalue weighted by Crippen LogP contribution is -2.47. The molecule has 0 aromatic heterocycles. The summed E-state index contributed by atoms with van der Waals surface area (Å²) in [7, 11) is 0. The SMILES string of the molecule is O=C([O-])[C@@H]1C[C@H](O)CN1C(=O)OCC1c2ccccc2-c2ccccc21. The summed E-state index contributed by atoms with van der Waals surface area (Å²) >= 11 is 0. The number of benzene rings is 2. The van der Waals surface area contributed by atoms with Crippen LogP contribution in [-0.2, 0) is 9.53 Å². The average molecular weight is 352 g/mol. The number of hydrogen-bond donors (Lipinski definition) is 1. The predicted octanol–water partition coefficient (Wildman–Crippen LogP) is 1.12. The van der Waals surface area contributed by atoms with Crippen molar-refractivity contribution >= 4 is 12.1 Å². The fourth-order valence-corrected chi connectivity index (χ4v) is 3.92. The molecular formula is C20H18NO5-. The van der Waals surface area contributed by atoms with Crippen LogP contribution in [0.15, 0.2) is 48.5 Å². The summed E-state index contributed by atoms with van der Waals surface area (Å²) in [6.07, 6.45) is -1.65. The first-order valence-corrected chi connectivity index (χ1v) is 8.57. The Labute approximate surface area is 150 Å². The minimum atomic E-state index is -1.38. The number of rotatable bonds is 3. The molecule has 2 aliphatic rings. The van der Waals surface area contributed by atoms with Gasteiger partial charge in [0.25, 0.3) is 0 Å². The number of carbonyl (C=O) groups excluding carboxylic acids is 2. The third kappa shape index (κ3) is 2.72. The molecule has 4 rings (SSSR count). The Bertz CT molecular complexity index is 819. The van der Waals surface area contributed by atoms with Gasteiger partial charge in [0.15, 0.2) is 0 Å². The molecule has 1 heterocycles. The third-order valence-electron chi connectivity index (χ3n) is 5.12. The second-order valence-electron chi connectivity index (χ2n) is 6.68. The van der Waals surface area contributed by atoms with E-state index in [2.05, 4.69) is 0 Å². The van der Waals surface area contributed by atoms with Gasteiger partial charge in [-0.05, 0) is 22.3 Å². The number of carbonyl (C=O) groups is 2. The van der Waals surface area contributed by atoms with Crippen molar-refractivity contribution in [2.45, 2.75) is 24.5 Å². The Morgan fingerprint density at radius 2 is 1.65 bits per heavy atom. The zero-order valence-corrected chi connectivity index (χ0v) is 14.0. The Morgan fingerprint density at radius 3 is 2.23 bits per heavy atom. The molecule has 1 aliphatic heterocycles. The van der Waals surface area contributed by atoms with Crippen molar-refractivity contribution in [2.75, 3.05) is 13.2 Å². The van der Waals surface area contributed by atoms with Gasteiger partial charge in [-0.15, -0.1) is 0 Å². The Hall–Kier alpha value is -2.86. The Kier molecular flexibility index (Phi) is 4.12. The van der Waals surface area contributed by atoms with Crippen LogP contribution in [0, 0.1) is 0 Å². The van der Waals surface area contributed by atoms with Gasteiger partial charge in [-0.3, -0.25) is 4.90 Å². The normalized spacial score (nSPS) is 21.3. The highest BCUT2D eigenvalue weighted by atomic mass is 16.6. The van der Waals surface area contributed by atoms with Gasteiger partial charge in [0.2, 0.25) is 0 Å². The molecule has 1 aliphatic carbocycles. The first-order valence-electron chi connectivity index (χ1n) is 8.57. The second-order valence-corrected chi connectivity index (χ2v) is 6.68. The molecule has 1 amide bonds. The largest absolute Gasteiger partial charge is 0.548 e. The quantitative estimate of drug-likeness (QED) is 0.894. The maximum atomic E-state index is 12.4. The summed E-state index contributed by atoms with van der Waals surface area (Å²) in [5, 5.41) is 20.8. The van der Waals surface area contributed by atoms with Crippen molar-refractivity contribution in [3.63, 3.8) is 0 Å². The highest BCUT2D eigenvalue weighted by molar-refractivity contribution is 5.81. The van der Waals surface area contributed by atoms with E-state index >= 15 is 0 Å². The maximum Gasteiger partial charge on any atom is 0.410 e. The van der Waals surface area contributed by atoms with Gasteiger partial charge in [-0.2, -0.15) is 0 Å². The Morgan fingerprint density at radius 1 is 1.08 bits per heavy atom. The van der Waals surface area contributed by atoms with Gasteiger partial charge in [-0.1, -0.05) is 48.5 Å². The first-order chi connectivity index (χ1) is 12.6. The average Bonchev–Trinajstić information content (AvgIpc) is 3.18. The fraction of sp³-hybridized carbons (Fsp3) is 0.300. The number of carboxylic acids is 1. The molecule has 26 heavy (non-hydrogen) atoms. The number of fused-ring (bicyclic) bond motifs is 3. The van der Waals surface area contributed by atoms with E-state index in [0.717, 1.165) is 27.2 Å². The molecule has 6 nitrogen and oxygen atoms in total. The number of hydrogen-bond acceptors (Lipinski definition) is 5. The van der Waals surface area contributed by atoms with E-state index in [1.807, 2.05) is 48.5 Å². The summed E-state index contributed by atoms with van der Waals surface area (Å²) in [6, 6.07) is 14.8. The number of amides is 1. The van der Waals surface area contributed by atoms with E-state index in [9.17, 15) is 19.8 Å². The molecule has 0 saturated carbocycles. The number of nitrogens with zero attached hydrogens (tertiary/aromatic N) is 1. The molecule has 0 unspecified atom stereocenters. The van der Waals surface area contributed by atoms with Crippen LogP contribution in [0.1, 0.15) is 23.5 Å². The lowest BCUT2D eigenvalue weighted by atomic mass is 9.98. The molecule has 0 bridgehead atoms. The van der Waals surface area contributed by atoms with Crippen LogP contribution in [-0.4, -0.2) is 47.4 Å². The first kappa shape index (κ1) is 16.6. The van der Waals surface area contributed by atoms with Gasteiger partial charge in [0.1, 0.15) is 6.61 Å². The standard InChI is InChI=1S/C20H19NO5/c22-12-9-18(19(23)24)21(10-12)20(25)26-11-17-15-7-3-1-5-13(15)14-6-2-4-8-16(14)17/h1-8,12,17-18,22H,9-11H2,(H,23,24)/p-1/t12-,18-/m0/s1. The van der Waals surface area contributed by atoms with Crippen LogP contribution >= 0.6 is 0 Å². The Balaban J connectivity index is 1.53. The number of aliphatic hydroxyl groups excluding tert-OH is 1. The van der Waals surface area contributed by atoms with Crippen molar-refractivity contribution in [3.8, 4) is 11.1 Å². The van der Waals surface area contributed by atoms with E-state index in [1.165, 1.54) is 0 Å². The zero-order valence-electron chi connectivity index (χ0n) is 14.0. The molecule has 2 aromatic rings. The van der Waals surface area contributed by atoms with Crippen molar-refractivity contribution in [3.05, 3.63) is 59.7 Å². The fourth-order valence-electron chi connectivity index (χ4n) is 3.92. The van der Waals surface area contributed by atoms with Crippen LogP contribution in [0.5, 0.6) is 0 Å². The van der Waals surface area contributed by atoms with E-state index in [-0.39, 0.29) is 25.5 Å². The number of carboxylic acid groups (broad SMARTS) is 1. The highest BCUT2D eigenvalue weighted by Gasteiger charge is 2.37. The monoisotopic (exact) mass is 352 g/mol. The van der Waals surface area contributed by atoms with Crippen LogP contribution in [0.2, 0.25) is 0 Å². The molecule has 0 spiro atoms. The molecule has 6 heteroatoms. The van der Waals surface area contributed by atoms with Crippen LogP contribution in [0.25, 0.3) is 11.1 Å². The summed E-state index contributed by atoms with van der Waals surface area (Å²) < 4.78 is 5.44. The molecule has 1 saturated heterocycles.